The number of phenolic OH excluding ortho intramolecular Hbond substituents is 2. The number of hydrogen-bond acceptors (Lipinski definition) is 5. The number of benzene rings is 2. The van der Waals surface area contributed by atoms with Crippen LogP contribution in [-0.4, -0.2) is 27.3 Å². The van der Waals surface area contributed by atoms with Crippen LogP contribution >= 0.6 is 31.9 Å². The molecule has 27 heavy (non-hydrogen) atoms. The number of carbonyl (C=O) groups excluding carboxylic acids is 1. The molecule has 0 spiro atoms. The van der Waals surface area contributed by atoms with E-state index in [-0.39, 0.29) is 21.9 Å². The number of halogens is 2. The second kappa shape index (κ2) is 8.32. The minimum atomic E-state index is -0.385. The fourth-order valence-electron chi connectivity index (χ4n) is 2.30. The van der Waals surface area contributed by atoms with Gasteiger partial charge in [0.15, 0.2) is 0 Å². The first-order valence-corrected chi connectivity index (χ1v) is 9.29. The number of pyridine rings is 1. The van der Waals surface area contributed by atoms with Crippen LogP contribution in [0.4, 0.5) is 0 Å². The number of carbonyl (C=O) groups is 1. The smallest absolute Gasteiger partial charge is 0.271 e. The molecule has 3 N–H and O–H groups in total. The Kier molecular flexibility index (Phi) is 5.88. The van der Waals surface area contributed by atoms with Crippen LogP contribution in [0.3, 0.4) is 0 Å². The summed E-state index contributed by atoms with van der Waals surface area (Å²) >= 11 is 6.25. The summed E-state index contributed by atoms with van der Waals surface area (Å²) in [5.41, 5.74) is 5.15. The summed E-state index contributed by atoms with van der Waals surface area (Å²) in [4.78, 5) is 16.2. The molecule has 0 aliphatic carbocycles. The lowest BCUT2D eigenvalue weighted by Crippen LogP contribution is -2.17. The van der Waals surface area contributed by atoms with Crippen LogP contribution in [0.25, 0.3) is 11.1 Å². The third kappa shape index (κ3) is 4.35. The Morgan fingerprint density at radius 1 is 1.00 bits per heavy atom. The van der Waals surface area contributed by atoms with E-state index in [0.717, 1.165) is 11.1 Å². The number of aromatic hydroxyl groups is 2. The first-order chi connectivity index (χ1) is 13.0. The largest absolute Gasteiger partial charge is 0.506 e. The predicted molar refractivity (Wildman–Crippen MR) is 110 cm³/mol. The van der Waals surface area contributed by atoms with Crippen molar-refractivity contribution in [2.75, 3.05) is 0 Å². The zero-order chi connectivity index (χ0) is 19.4. The molecule has 2 aromatic carbocycles. The molecule has 0 aliphatic rings. The van der Waals surface area contributed by atoms with Crippen molar-refractivity contribution >= 4 is 44.0 Å². The molecule has 0 saturated carbocycles. The number of phenols is 2. The summed E-state index contributed by atoms with van der Waals surface area (Å²) in [6.45, 7) is 0. The van der Waals surface area contributed by atoms with Crippen LogP contribution in [0.1, 0.15) is 15.9 Å². The van der Waals surface area contributed by atoms with Gasteiger partial charge in [-0.05, 0) is 73.3 Å². The second-order valence-corrected chi connectivity index (χ2v) is 7.12. The molecule has 1 aromatic heterocycles. The fraction of sp³-hybridized carbons (Fsp3) is 0. The Balaban J connectivity index is 1.70. The van der Waals surface area contributed by atoms with Crippen molar-refractivity contribution in [3.63, 3.8) is 0 Å². The lowest BCUT2D eigenvalue weighted by atomic mass is 10.1. The van der Waals surface area contributed by atoms with Crippen LogP contribution < -0.4 is 5.43 Å². The molecule has 1 amide bonds. The van der Waals surface area contributed by atoms with Crippen molar-refractivity contribution in [2.24, 2.45) is 5.10 Å². The number of hydrazone groups is 1. The van der Waals surface area contributed by atoms with Gasteiger partial charge in [-0.25, -0.2) is 5.43 Å². The average Bonchev–Trinajstić information content (AvgIpc) is 2.71. The number of nitrogens with one attached hydrogen (secondary N) is 1. The van der Waals surface area contributed by atoms with Gasteiger partial charge in [-0.1, -0.05) is 12.1 Å². The molecule has 3 rings (SSSR count). The van der Waals surface area contributed by atoms with Crippen molar-refractivity contribution in [2.45, 2.75) is 0 Å². The Morgan fingerprint density at radius 3 is 2.30 bits per heavy atom. The fourth-order valence-corrected chi connectivity index (χ4v) is 3.45. The Bertz CT molecular complexity index is 1010. The predicted octanol–water partition coefficient (Wildman–Crippen LogP) is 4.45. The summed E-state index contributed by atoms with van der Waals surface area (Å²) in [5.74, 6) is -0.692. The minimum absolute atomic E-state index is 0.122. The second-order valence-electron chi connectivity index (χ2n) is 5.47. The SMILES string of the molecule is O=C(N/N=C/c1cc(Br)c(O)c(Br)c1O)c1ccc(-c2ccncc2)cc1. The Hall–Kier alpha value is -2.71. The van der Waals surface area contributed by atoms with Gasteiger partial charge in [0.05, 0.1) is 10.7 Å². The molecule has 0 aliphatic heterocycles. The molecule has 0 bridgehead atoms. The maximum Gasteiger partial charge on any atom is 0.271 e. The zero-order valence-corrected chi connectivity index (χ0v) is 16.9. The van der Waals surface area contributed by atoms with Crippen LogP contribution in [0.5, 0.6) is 11.5 Å². The first-order valence-electron chi connectivity index (χ1n) is 7.71. The van der Waals surface area contributed by atoms with Crippen molar-refractivity contribution in [3.05, 3.63) is 74.9 Å². The Morgan fingerprint density at radius 2 is 1.63 bits per heavy atom. The normalized spacial score (nSPS) is 10.9. The van der Waals surface area contributed by atoms with Gasteiger partial charge in [-0.2, -0.15) is 5.10 Å². The molecule has 136 valence electrons. The van der Waals surface area contributed by atoms with E-state index >= 15 is 0 Å². The molecule has 0 fully saturated rings. The number of amides is 1. The molecule has 0 unspecified atom stereocenters. The topological polar surface area (TPSA) is 94.8 Å². The molecule has 1 heterocycles. The third-order valence-corrected chi connectivity index (χ3v) is 5.08. The summed E-state index contributed by atoms with van der Waals surface area (Å²) in [6.07, 6.45) is 4.70. The molecule has 8 heteroatoms. The Labute approximate surface area is 171 Å². The molecule has 3 aromatic rings. The van der Waals surface area contributed by atoms with E-state index in [4.69, 9.17) is 0 Å². The van der Waals surface area contributed by atoms with Gasteiger partial charge in [-0.3, -0.25) is 9.78 Å². The number of aromatic nitrogens is 1. The van der Waals surface area contributed by atoms with Gasteiger partial charge in [-0.15, -0.1) is 0 Å². The van der Waals surface area contributed by atoms with E-state index in [1.165, 1.54) is 12.3 Å². The van der Waals surface area contributed by atoms with Gasteiger partial charge in [0.2, 0.25) is 0 Å². The van der Waals surface area contributed by atoms with Crippen LogP contribution in [-0.2, 0) is 0 Å². The average molecular weight is 491 g/mol. The van der Waals surface area contributed by atoms with Gasteiger partial charge in [0, 0.05) is 23.5 Å². The molecule has 0 atom stereocenters. The number of rotatable bonds is 4. The quantitative estimate of drug-likeness (QED) is 0.372. The molecule has 6 nitrogen and oxygen atoms in total. The molecule has 0 saturated heterocycles. The van der Waals surface area contributed by atoms with Crippen molar-refractivity contribution in [1.82, 2.24) is 10.4 Å². The van der Waals surface area contributed by atoms with Crippen molar-refractivity contribution < 1.29 is 15.0 Å². The van der Waals surface area contributed by atoms with E-state index in [1.54, 1.807) is 24.5 Å². The highest BCUT2D eigenvalue weighted by Gasteiger charge is 2.13. The van der Waals surface area contributed by atoms with E-state index in [1.807, 2.05) is 24.3 Å². The summed E-state index contributed by atoms with van der Waals surface area (Å²) < 4.78 is 0.517. The summed E-state index contributed by atoms with van der Waals surface area (Å²) in [7, 11) is 0. The molecule has 0 radical (unpaired) electrons. The zero-order valence-electron chi connectivity index (χ0n) is 13.7. The van der Waals surface area contributed by atoms with Crippen LogP contribution in [0.2, 0.25) is 0 Å². The van der Waals surface area contributed by atoms with Gasteiger partial charge in [0.1, 0.15) is 16.0 Å². The monoisotopic (exact) mass is 489 g/mol. The minimum Gasteiger partial charge on any atom is -0.506 e. The van der Waals surface area contributed by atoms with Crippen molar-refractivity contribution in [1.29, 1.82) is 0 Å². The van der Waals surface area contributed by atoms with Crippen LogP contribution in [0, 0.1) is 0 Å². The highest BCUT2D eigenvalue weighted by atomic mass is 79.9. The maximum atomic E-state index is 12.2. The van der Waals surface area contributed by atoms with Gasteiger partial charge in [0.25, 0.3) is 5.91 Å². The van der Waals surface area contributed by atoms with E-state index in [9.17, 15) is 15.0 Å². The standard InChI is InChI=1S/C19H13Br2N3O3/c20-15-9-14(17(25)16(21)18(15)26)10-23-24-19(27)13-3-1-11(2-4-13)12-5-7-22-8-6-12/h1-10,25-26H,(H,24,27)/b23-10+. The van der Waals surface area contributed by atoms with Crippen LogP contribution in [0.15, 0.2) is 68.9 Å². The van der Waals surface area contributed by atoms with E-state index < -0.39 is 0 Å². The highest BCUT2D eigenvalue weighted by Crippen LogP contribution is 2.40. The van der Waals surface area contributed by atoms with E-state index in [2.05, 4.69) is 47.4 Å². The summed E-state index contributed by atoms with van der Waals surface area (Å²) in [6, 6.07) is 12.3. The number of hydrogen-bond donors (Lipinski definition) is 3. The maximum absolute atomic E-state index is 12.2. The molecular formula is C19H13Br2N3O3. The lowest BCUT2D eigenvalue weighted by Gasteiger charge is -2.06. The number of nitrogens with zero attached hydrogens (tertiary/aromatic N) is 2. The van der Waals surface area contributed by atoms with Gasteiger partial charge < -0.3 is 10.2 Å². The molecular weight excluding hydrogens is 478 g/mol. The lowest BCUT2D eigenvalue weighted by molar-refractivity contribution is 0.0955. The highest BCUT2D eigenvalue weighted by molar-refractivity contribution is 9.11. The summed E-state index contributed by atoms with van der Waals surface area (Å²) in [5, 5.41) is 23.6. The third-order valence-electron chi connectivity index (χ3n) is 3.73. The van der Waals surface area contributed by atoms with E-state index in [0.29, 0.717) is 15.6 Å². The first kappa shape index (κ1) is 19.1. The van der Waals surface area contributed by atoms with Crippen molar-refractivity contribution in [3.8, 4) is 22.6 Å². The van der Waals surface area contributed by atoms with Gasteiger partial charge >= 0.3 is 0 Å².